The molecule has 19 heavy (non-hydrogen) atoms. The normalized spacial score (nSPS) is 10.1. The summed E-state index contributed by atoms with van der Waals surface area (Å²) in [7, 11) is 3.30. The van der Waals surface area contributed by atoms with Crippen LogP contribution in [0.1, 0.15) is 11.1 Å². The van der Waals surface area contributed by atoms with Crippen LogP contribution < -0.4 is 14.2 Å². The Bertz CT molecular complexity index is 549. The van der Waals surface area contributed by atoms with Crippen LogP contribution in [0.3, 0.4) is 0 Å². The maximum Gasteiger partial charge on any atom is 0.161 e. The average molecular weight is 258 g/mol. The zero-order valence-electron chi connectivity index (χ0n) is 11.5. The molecule has 0 fully saturated rings. The maximum atomic E-state index is 5.81. The van der Waals surface area contributed by atoms with E-state index in [1.807, 2.05) is 49.4 Å². The molecule has 0 aliphatic carbocycles. The van der Waals surface area contributed by atoms with E-state index in [1.54, 1.807) is 14.2 Å². The van der Waals surface area contributed by atoms with E-state index in [0.717, 1.165) is 28.4 Å². The fourth-order valence-corrected chi connectivity index (χ4v) is 1.87. The van der Waals surface area contributed by atoms with Gasteiger partial charge in [-0.3, -0.25) is 0 Å². The number of aryl methyl sites for hydroxylation is 1. The molecule has 0 spiro atoms. The van der Waals surface area contributed by atoms with E-state index in [-0.39, 0.29) is 0 Å². The monoisotopic (exact) mass is 258 g/mol. The lowest BCUT2D eigenvalue weighted by molar-refractivity contribution is 0.278. The van der Waals surface area contributed by atoms with Crippen LogP contribution in [0.2, 0.25) is 0 Å². The Hall–Kier alpha value is -2.16. The molecule has 2 aromatic carbocycles. The Morgan fingerprint density at radius 3 is 2.32 bits per heavy atom. The van der Waals surface area contributed by atoms with Crippen molar-refractivity contribution in [2.45, 2.75) is 13.5 Å². The van der Waals surface area contributed by atoms with Crippen LogP contribution in [-0.2, 0) is 6.61 Å². The number of ether oxygens (including phenoxy) is 3. The predicted molar refractivity (Wildman–Crippen MR) is 75.1 cm³/mol. The first kappa shape index (κ1) is 13.3. The van der Waals surface area contributed by atoms with E-state index >= 15 is 0 Å². The number of hydrogen-bond acceptors (Lipinski definition) is 3. The molecule has 3 heteroatoms. The average Bonchev–Trinajstić information content (AvgIpc) is 2.46. The SMILES string of the molecule is COc1ccccc1COc1ccc(C)cc1OC. The second kappa shape index (κ2) is 6.14. The van der Waals surface area contributed by atoms with E-state index in [4.69, 9.17) is 14.2 Å². The van der Waals surface area contributed by atoms with Crippen LogP contribution in [0.15, 0.2) is 42.5 Å². The molecule has 0 aliphatic rings. The lowest BCUT2D eigenvalue weighted by atomic mass is 10.2. The summed E-state index contributed by atoms with van der Waals surface area (Å²) in [6, 6.07) is 13.7. The van der Waals surface area contributed by atoms with Crippen LogP contribution in [0.25, 0.3) is 0 Å². The smallest absolute Gasteiger partial charge is 0.161 e. The summed E-state index contributed by atoms with van der Waals surface area (Å²) in [6.45, 7) is 2.47. The highest BCUT2D eigenvalue weighted by atomic mass is 16.5. The molecule has 0 atom stereocenters. The summed E-state index contributed by atoms with van der Waals surface area (Å²) >= 11 is 0. The summed E-state index contributed by atoms with van der Waals surface area (Å²) < 4.78 is 16.4. The van der Waals surface area contributed by atoms with Crippen molar-refractivity contribution in [3.63, 3.8) is 0 Å². The molecule has 0 N–H and O–H groups in total. The third kappa shape index (κ3) is 3.19. The van der Waals surface area contributed by atoms with Crippen LogP contribution in [-0.4, -0.2) is 14.2 Å². The molecule has 0 aliphatic heterocycles. The van der Waals surface area contributed by atoms with Crippen molar-refractivity contribution >= 4 is 0 Å². The van der Waals surface area contributed by atoms with Crippen molar-refractivity contribution < 1.29 is 14.2 Å². The summed E-state index contributed by atoms with van der Waals surface area (Å²) in [5, 5.41) is 0. The first-order valence-electron chi connectivity index (χ1n) is 6.14. The van der Waals surface area contributed by atoms with Gasteiger partial charge in [0.25, 0.3) is 0 Å². The standard InChI is InChI=1S/C16H18O3/c1-12-8-9-15(16(10-12)18-3)19-11-13-6-4-5-7-14(13)17-2/h4-10H,11H2,1-3H3. The number of methoxy groups -OCH3 is 2. The molecule has 0 radical (unpaired) electrons. The molecule has 0 saturated heterocycles. The van der Waals surface area contributed by atoms with Crippen molar-refractivity contribution in [2.75, 3.05) is 14.2 Å². The summed E-state index contributed by atoms with van der Waals surface area (Å²) in [4.78, 5) is 0. The highest BCUT2D eigenvalue weighted by Gasteiger charge is 2.07. The van der Waals surface area contributed by atoms with Gasteiger partial charge in [0.15, 0.2) is 11.5 Å². The second-order valence-electron chi connectivity index (χ2n) is 4.25. The lowest BCUT2D eigenvalue weighted by Gasteiger charge is -2.13. The minimum Gasteiger partial charge on any atom is -0.496 e. The Balaban J connectivity index is 2.14. The van der Waals surface area contributed by atoms with Gasteiger partial charge in [0.05, 0.1) is 14.2 Å². The van der Waals surface area contributed by atoms with Crippen molar-refractivity contribution in [1.29, 1.82) is 0 Å². The molecule has 0 amide bonds. The molecular formula is C16H18O3. The van der Waals surface area contributed by atoms with Gasteiger partial charge in [0.1, 0.15) is 12.4 Å². The van der Waals surface area contributed by atoms with Crippen LogP contribution >= 0.6 is 0 Å². The largest absolute Gasteiger partial charge is 0.496 e. The van der Waals surface area contributed by atoms with Gasteiger partial charge >= 0.3 is 0 Å². The minimum absolute atomic E-state index is 0.448. The Morgan fingerprint density at radius 1 is 0.842 bits per heavy atom. The van der Waals surface area contributed by atoms with Crippen molar-refractivity contribution in [1.82, 2.24) is 0 Å². The highest BCUT2D eigenvalue weighted by molar-refractivity contribution is 5.43. The highest BCUT2D eigenvalue weighted by Crippen LogP contribution is 2.29. The zero-order valence-corrected chi connectivity index (χ0v) is 11.5. The Labute approximate surface area is 113 Å². The van der Waals surface area contributed by atoms with Crippen molar-refractivity contribution in [2.24, 2.45) is 0 Å². The van der Waals surface area contributed by atoms with E-state index in [0.29, 0.717) is 6.61 Å². The summed E-state index contributed by atoms with van der Waals surface area (Å²) in [6.07, 6.45) is 0. The molecular weight excluding hydrogens is 240 g/mol. The predicted octanol–water partition coefficient (Wildman–Crippen LogP) is 3.59. The maximum absolute atomic E-state index is 5.81. The first-order chi connectivity index (χ1) is 9.24. The Kier molecular flexibility index (Phi) is 4.29. The van der Waals surface area contributed by atoms with Gasteiger partial charge in [-0.2, -0.15) is 0 Å². The summed E-state index contributed by atoms with van der Waals surface area (Å²) in [5.74, 6) is 2.31. The summed E-state index contributed by atoms with van der Waals surface area (Å²) in [5.41, 5.74) is 2.15. The van der Waals surface area contributed by atoms with Crippen molar-refractivity contribution in [3.05, 3.63) is 53.6 Å². The van der Waals surface area contributed by atoms with Crippen LogP contribution in [0.5, 0.6) is 17.2 Å². The minimum atomic E-state index is 0.448. The first-order valence-corrected chi connectivity index (χ1v) is 6.14. The zero-order chi connectivity index (χ0) is 13.7. The molecule has 0 saturated carbocycles. The molecule has 0 bridgehead atoms. The van der Waals surface area contributed by atoms with E-state index in [2.05, 4.69) is 0 Å². The number of rotatable bonds is 5. The fourth-order valence-electron chi connectivity index (χ4n) is 1.87. The molecule has 0 aromatic heterocycles. The van der Waals surface area contributed by atoms with Crippen molar-refractivity contribution in [3.8, 4) is 17.2 Å². The van der Waals surface area contributed by atoms with E-state index < -0.39 is 0 Å². The van der Waals surface area contributed by atoms with Gasteiger partial charge in [-0.15, -0.1) is 0 Å². The third-order valence-electron chi connectivity index (χ3n) is 2.89. The van der Waals surface area contributed by atoms with Gasteiger partial charge in [-0.05, 0) is 30.7 Å². The number of para-hydroxylation sites is 1. The Morgan fingerprint density at radius 2 is 1.58 bits per heavy atom. The third-order valence-corrected chi connectivity index (χ3v) is 2.89. The quantitative estimate of drug-likeness (QED) is 0.820. The van der Waals surface area contributed by atoms with Crippen LogP contribution in [0, 0.1) is 6.92 Å². The molecule has 2 rings (SSSR count). The molecule has 0 unspecified atom stereocenters. The molecule has 100 valence electrons. The fraction of sp³-hybridized carbons (Fsp3) is 0.250. The van der Waals surface area contributed by atoms with Gasteiger partial charge in [0.2, 0.25) is 0 Å². The molecule has 2 aromatic rings. The van der Waals surface area contributed by atoms with E-state index in [9.17, 15) is 0 Å². The molecule has 3 nitrogen and oxygen atoms in total. The number of benzene rings is 2. The second-order valence-corrected chi connectivity index (χ2v) is 4.25. The molecule has 0 heterocycles. The topological polar surface area (TPSA) is 27.7 Å². The van der Waals surface area contributed by atoms with Crippen LogP contribution in [0.4, 0.5) is 0 Å². The van der Waals surface area contributed by atoms with E-state index in [1.165, 1.54) is 0 Å². The van der Waals surface area contributed by atoms with Gasteiger partial charge < -0.3 is 14.2 Å². The van der Waals surface area contributed by atoms with Gasteiger partial charge in [0, 0.05) is 5.56 Å². The van der Waals surface area contributed by atoms with Gasteiger partial charge in [-0.1, -0.05) is 24.3 Å². The lowest BCUT2D eigenvalue weighted by Crippen LogP contribution is -2.00. The van der Waals surface area contributed by atoms with Gasteiger partial charge in [-0.25, -0.2) is 0 Å². The number of hydrogen-bond donors (Lipinski definition) is 0.